The number of carbonyl (C=O) groups excluding carboxylic acids is 1. The van der Waals surface area contributed by atoms with Crippen molar-refractivity contribution in [3.63, 3.8) is 0 Å². The molecule has 1 aromatic rings. The fourth-order valence-corrected chi connectivity index (χ4v) is 1.47. The minimum atomic E-state index is -0.517. The Hall–Kier alpha value is -1.86. The van der Waals surface area contributed by atoms with Gasteiger partial charge in [-0.05, 0) is 12.1 Å². The maximum atomic E-state index is 13.2. The van der Waals surface area contributed by atoms with Crippen molar-refractivity contribution in [2.45, 2.75) is 6.10 Å². The van der Waals surface area contributed by atoms with E-state index in [9.17, 15) is 9.18 Å². The van der Waals surface area contributed by atoms with Crippen LogP contribution in [0.5, 0.6) is 5.75 Å². The summed E-state index contributed by atoms with van der Waals surface area (Å²) in [6.07, 6.45) is -0.136. The summed E-state index contributed by atoms with van der Waals surface area (Å²) in [5.74, 6) is 5.38. The maximum Gasteiger partial charge on any atom is 0.336 e. The van der Waals surface area contributed by atoms with Gasteiger partial charge in [-0.15, -0.1) is 0 Å². The fourth-order valence-electron chi connectivity index (χ4n) is 1.47. The Balaban J connectivity index is 2.24. The number of amides is 2. The Morgan fingerprint density at radius 2 is 2.33 bits per heavy atom. The summed E-state index contributed by atoms with van der Waals surface area (Å²) in [6.45, 7) is 0.890. The van der Waals surface area contributed by atoms with E-state index in [4.69, 9.17) is 15.3 Å². The largest absolute Gasteiger partial charge is 0.483 e. The summed E-state index contributed by atoms with van der Waals surface area (Å²) >= 11 is 0. The average Bonchev–Trinajstić information content (AvgIpc) is 2.32. The summed E-state index contributed by atoms with van der Waals surface area (Å²) in [4.78, 5) is 11.4. The predicted octanol–water partition coefficient (Wildman–Crippen LogP) is 0.623. The van der Waals surface area contributed by atoms with Crippen LogP contribution in [0.2, 0.25) is 0 Å². The van der Waals surface area contributed by atoms with Gasteiger partial charge in [0.25, 0.3) is 0 Å². The predicted molar refractivity (Wildman–Crippen MR) is 62.8 cm³/mol. The number of ether oxygens (including phenoxy) is 2. The van der Waals surface area contributed by atoms with Crippen LogP contribution < -0.4 is 20.9 Å². The van der Waals surface area contributed by atoms with Gasteiger partial charge in [-0.3, -0.25) is 0 Å². The zero-order valence-corrected chi connectivity index (χ0v) is 9.85. The molecule has 0 radical (unpaired) electrons. The third-order valence-corrected chi connectivity index (χ3v) is 2.52. The van der Waals surface area contributed by atoms with Gasteiger partial charge in [0.2, 0.25) is 0 Å². The third kappa shape index (κ3) is 2.52. The number of rotatable bonds is 3. The number of carbonyl (C=O) groups is 1. The Labute approximate surface area is 103 Å². The van der Waals surface area contributed by atoms with E-state index in [1.165, 1.54) is 25.2 Å². The summed E-state index contributed by atoms with van der Waals surface area (Å²) in [6, 6.07) is 3.27. The van der Waals surface area contributed by atoms with Crippen LogP contribution in [0.4, 0.5) is 14.9 Å². The lowest BCUT2D eigenvalue weighted by Crippen LogP contribution is -2.44. The van der Waals surface area contributed by atoms with Gasteiger partial charge in [0.05, 0.1) is 13.2 Å². The summed E-state index contributed by atoms with van der Waals surface area (Å²) in [5.41, 5.74) is 0.294. The topological polar surface area (TPSA) is 76.8 Å². The number of nitrogens with two attached hydrogens (primary N) is 1. The van der Waals surface area contributed by atoms with Crippen molar-refractivity contribution >= 4 is 11.7 Å². The molecule has 1 aromatic carbocycles. The Morgan fingerprint density at radius 1 is 1.61 bits per heavy atom. The number of hydrogen-bond acceptors (Lipinski definition) is 4. The first-order chi connectivity index (χ1) is 8.61. The molecule has 1 heterocycles. The Kier molecular flexibility index (Phi) is 3.63. The molecule has 1 fully saturated rings. The average molecular weight is 255 g/mol. The van der Waals surface area contributed by atoms with Crippen molar-refractivity contribution in [1.29, 1.82) is 0 Å². The molecule has 0 saturated carbocycles. The minimum absolute atomic E-state index is 0.136. The van der Waals surface area contributed by atoms with E-state index in [0.29, 0.717) is 18.9 Å². The summed E-state index contributed by atoms with van der Waals surface area (Å²) in [5, 5.41) is 3.24. The molecule has 1 saturated heterocycles. The highest BCUT2D eigenvalue weighted by atomic mass is 19.1. The van der Waals surface area contributed by atoms with E-state index in [-0.39, 0.29) is 11.9 Å². The fraction of sp³-hybridized carbons (Fsp3) is 0.364. The van der Waals surface area contributed by atoms with E-state index in [2.05, 4.69) is 5.32 Å². The standard InChI is InChI=1S/C11H14FN3O3/c1-14-11(16)15(13)9-3-2-7(12)4-10(9)18-8-5-17-6-8/h2-4,8H,5-6,13H2,1H3,(H,14,16). The summed E-state index contributed by atoms with van der Waals surface area (Å²) < 4.78 is 23.7. The third-order valence-electron chi connectivity index (χ3n) is 2.52. The molecule has 98 valence electrons. The van der Waals surface area contributed by atoms with E-state index in [0.717, 1.165) is 5.01 Å². The Bertz CT molecular complexity index is 451. The molecule has 0 bridgehead atoms. The highest BCUT2D eigenvalue weighted by Crippen LogP contribution is 2.29. The smallest absolute Gasteiger partial charge is 0.336 e. The Morgan fingerprint density at radius 3 is 2.89 bits per heavy atom. The number of halogens is 1. The van der Waals surface area contributed by atoms with Crippen molar-refractivity contribution < 1.29 is 18.7 Å². The molecular weight excluding hydrogens is 241 g/mol. The summed E-state index contributed by atoms with van der Waals surface area (Å²) in [7, 11) is 1.45. The molecule has 0 aromatic heterocycles. The van der Waals surface area contributed by atoms with Crippen molar-refractivity contribution in [2.75, 3.05) is 25.3 Å². The lowest BCUT2D eigenvalue weighted by molar-refractivity contribution is -0.0795. The molecular formula is C11H14FN3O3. The lowest BCUT2D eigenvalue weighted by Gasteiger charge is -2.28. The highest BCUT2D eigenvalue weighted by molar-refractivity contribution is 5.92. The van der Waals surface area contributed by atoms with E-state index >= 15 is 0 Å². The van der Waals surface area contributed by atoms with Crippen molar-refractivity contribution in [3.05, 3.63) is 24.0 Å². The molecule has 3 N–H and O–H groups in total. The van der Waals surface area contributed by atoms with Gasteiger partial charge in [0.15, 0.2) is 0 Å². The number of benzene rings is 1. The molecule has 2 rings (SSSR count). The van der Waals surface area contributed by atoms with Gasteiger partial charge in [-0.25, -0.2) is 20.0 Å². The second-order valence-corrected chi connectivity index (χ2v) is 3.81. The number of nitrogens with zero attached hydrogens (tertiary/aromatic N) is 1. The van der Waals surface area contributed by atoms with E-state index in [1.807, 2.05) is 0 Å². The van der Waals surface area contributed by atoms with Gasteiger partial charge in [-0.2, -0.15) is 0 Å². The van der Waals surface area contributed by atoms with Gasteiger partial charge in [0, 0.05) is 13.1 Å². The lowest BCUT2D eigenvalue weighted by atomic mass is 10.2. The van der Waals surface area contributed by atoms with Gasteiger partial charge in [0.1, 0.15) is 23.4 Å². The number of hydrogen-bond donors (Lipinski definition) is 2. The van der Waals surface area contributed by atoms with Crippen LogP contribution >= 0.6 is 0 Å². The molecule has 0 aliphatic carbocycles. The zero-order chi connectivity index (χ0) is 13.1. The first-order valence-electron chi connectivity index (χ1n) is 5.42. The number of nitrogens with one attached hydrogen (secondary N) is 1. The molecule has 6 nitrogen and oxygen atoms in total. The van der Waals surface area contributed by atoms with Crippen LogP contribution in [0.1, 0.15) is 0 Å². The van der Waals surface area contributed by atoms with Crippen LogP contribution in [0, 0.1) is 5.82 Å². The van der Waals surface area contributed by atoms with Crippen LogP contribution in [-0.2, 0) is 4.74 Å². The number of urea groups is 1. The normalized spacial score (nSPS) is 14.8. The van der Waals surface area contributed by atoms with E-state index < -0.39 is 11.8 Å². The molecule has 1 aliphatic rings. The monoisotopic (exact) mass is 255 g/mol. The highest BCUT2D eigenvalue weighted by Gasteiger charge is 2.23. The maximum absolute atomic E-state index is 13.2. The molecule has 2 amide bonds. The van der Waals surface area contributed by atoms with Gasteiger partial charge >= 0.3 is 6.03 Å². The second kappa shape index (κ2) is 5.19. The number of hydrazine groups is 1. The van der Waals surface area contributed by atoms with Crippen LogP contribution in [-0.4, -0.2) is 32.4 Å². The zero-order valence-electron chi connectivity index (χ0n) is 9.85. The van der Waals surface area contributed by atoms with Crippen molar-refractivity contribution in [3.8, 4) is 5.75 Å². The van der Waals surface area contributed by atoms with E-state index in [1.54, 1.807) is 0 Å². The molecule has 0 unspecified atom stereocenters. The molecule has 0 spiro atoms. The molecule has 7 heteroatoms. The quantitative estimate of drug-likeness (QED) is 0.471. The number of anilines is 1. The van der Waals surface area contributed by atoms with Crippen LogP contribution in [0.3, 0.4) is 0 Å². The van der Waals surface area contributed by atoms with Crippen LogP contribution in [0.25, 0.3) is 0 Å². The van der Waals surface area contributed by atoms with Crippen molar-refractivity contribution in [2.24, 2.45) is 5.84 Å². The first-order valence-corrected chi connectivity index (χ1v) is 5.42. The molecule has 18 heavy (non-hydrogen) atoms. The SMILES string of the molecule is CNC(=O)N(N)c1ccc(F)cc1OC1COC1. The second-order valence-electron chi connectivity index (χ2n) is 3.81. The molecule has 1 aliphatic heterocycles. The van der Waals surface area contributed by atoms with Gasteiger partial charge < -0.3 is 14.8 Å². The van der Waals surface area contributed by atoms with Crippen LogP contribution in [0.15, 0.2) is 18.2 Å². The molecule has 0 atom stereocenters. The first kappa shape index (κ1) is 12.6. The minimum Gasteiger partial charge on any atom is -0.483 e. The van der Waals surface area contributed by atoms with Crippen molar-refractivity contribution in [1.82, 2.24) is 5.32 Å². The van der Waals surface area contributed by atoms with Gasteiger partial charge in [-0.1, -0.05) is 0 Å².